The van der Waals surface area contributed by atoms with Gasteiger partial charge in [0.25, 0.3) is 0 Å². The highest BCUT2D eigenvalue weighted by atomic mass is 16.6. The topological polar surface area (TPSA) is 134 Å². The fraction of sp³-hybridized carbons (Fsp3) is 0.429. The van der Waals surface area contributed by atoms with Crippen LogP contribution in [-0.2, 0) is 20.7 Å². The number of hydrogen-bond acceptors (Lipinski definition) is 6. The molecule has 2 aromatic rings. The molecule has 2 atom stereocenters. The van der Waals surface area contributed by atoms with E-state index in [0.717, 1.165) is 4.90 Å². The van der Waals surface area contributed by atoms with Gasteiger partial charge in [-0.1, -0.05) is 0 Å². The lowest BCUT2D eigenvalue weighted by atomic mass is 10.1. The Morgan fingerprint density at radius 2 is 1.87 bits per heavy atom. The summed E-state index contributed by atoms with van der Waals surface area (Å²) in [5.74, 6) is -1.27. The van der Waals surface area contributed by atoms with E-state index in [1.54, 1.807) is 51.2 Å². The summed E-state index contributed by atoms with van der Waals surface area (Å²) in [5, 5.41) is 12.4. The van der Waals surface area contributed by atoms with Gasteiger partial charge < -0.3 is 24.9 Å². The molecule has 0 radical (unpaired) electrons. The van der Waals surface area contributed by atoms with Crippen LogP contribution >= 0.6 is 0 Å². The highest BCUT2D eigenvalue weighted by Gasteiger charge is 2.35. The van der Waals surface area contributed by atoms with Crippen molar-refractivity contribution < 1.29 is 29.0 Å². The first-order chi connectivity index (χ1) is 14.5. The van der Waals surface area contributed by atoms with E-state index in [1.807, 2.05) is 0 Å². The maximum Gasteiger partial charge on any atom is 0.408 e. The molecule has 10 nitrogen and oxygen atoms in total. The number of carbonyl (C=O) groups excluding carboxylic acids is 2. The van der Waals surface area contributed by atoms with E-state index in [9.17, 15) is 19.5 Å². The Morgan fingerprint density at radius 1 is 1.23 bits per heavy atom. The number of nitrogens with one attached hydrogen (secondary N) is 2. The number of ether oxygens (including phenoxy) is 2. The molecule has 0 spiro atoms. The second kappa shape index (κ2) is 9.96. The first-order valence-corrected chi connectivity index (χ1v) is 9.69. The van der Waals surface area contributed by atoms with Crippen LogP contribution < -0.4 is 15.0 Å². The predicted molar refractivity (Wildman–Crippen MR) is 113 cm³/mol. The van der Waals surface area contributed by atoms with Crippen LogP contribution in [-0.4, -0.2) is 57.8 Å². The molecule has 1 aromatic heterocycles. The summed E-state index contributed by atoms with van der Waals surface area (Å²) in [4.78, 5) is 45.5. The van der Waals surface area contributed by atoms with E-state index >= 15 is 0 Å². The Labute approximate surface area is 180 Å². The van der Waals surface area contributed by atoms with Gasteiger partial charge >= 0.3 is 12.1 Å². The number of carboxylic acid groups (broad SMARTS) is 1. The minimum atomic E-state index is -1.26. The Hall–Kier alpha value is -3.56. The van der Waals surface area contributed by atoms with Crippen LogP contribution in [0, 0.1) is 0 Å². The highest BCUT2D eigenvalue weighted by molar-refractivity contribution is 6.03. The lowest BCUT2D eigenvalue weighted by Crippen LogP contribution is -2.54. The van der Waals surface area contributed by atoms with Gasteiger partial charge in [0.05, 0.1) is 19.1 Å². The Bertz CT molecular complexity index is 890. The van der Waals surface area contributed by atoms with Crippen molar-refractivity contribution in [1.82, 2.24) is 15.3 Å². The SMILES string of the molecule is COc1ccc(N(C(=O)[C@H](C)NC(=O)OC(C)(C)C)[C@@H](Cc2c[nH]cn2)C(=O)O)cc1. The number of benzene rings is 1. The van der Waals surface area contributed by atoms with E-state index in [-0.39, 0.29) is 6.42 Å². The summed E-state index contributed by atoms with van der Waals surface area (Å²) in [6.45, 7) is 6.57. The van der Waals surface area contributed by atoms with Crippen molar-refractivity contribution >= 4 is 23.7 Å². The molecule has 0 unspecified atom stereocenters. The number of carbonyl (C=O) groups is 3. The summed E-state index contributed by atoms with van der Waals surface area (Å²) >= 11 is 0. The number of methoxy groups -OCH3 is 1. The van der Waals surface area contributed by atoms with Crippen LogP contribution in [0.2, 0.25) is 0 Å². The van der Waals surface area contributed by atoms with Crippen molar-refractivity contribution in [3.05, 3.63) is 42.5 Å². The lowest BCUT2D eigenvalue weighted by Gasteiger charge is -2.31. The molecule has 2 amide bonds. The Kier molecular flexibility index (Phi) is 7.62. The van der Waals surface area contributed by atoms with Gasteiger partial charge in [0.1, 0.15) is 23.4 Å². The molecule has 0 aliphatic heterocycles. The molecule has 3 N–H and O–H groups in total. The van der Waals surface area contributed by atoms with Crippen molar-refractivity contribution in [3.63, 3.8) is 0 Å². The quantitative estimate of drug-likeness (QED) is 0.583. The third-order valence-electron chi connectivity index (χ3n) is 4.25. The molecular weight excluding hydrogens is 404 g/mol. The summed E-state index contributed by atoms with van der Waals surface area (Å²) < 4.78 is 10.3. The molecule has 0 aliphatic carbocycles. The third kappa shape index (κ3) is 6.73. The largest absolute Gasteiger partial charge is 0.497 e. The molecule has 1 aromatic carbocycles. The van der Waals surface area contributed by atoms with E-state index in [2.05, 4.69) is 15.3 Å². The third-order valence-corrected chi connectivity index (χ3v) is 4.25. The van der Waals surface area contributed by atoms with Crippen molar-refractivity contribution in [2.45, 2.75) is 51.8 Å². The number of aromatic amines is 1. The fourth-order valence-corrected chi connectivity index (χ4v) is 2.85. The van der Waals surface area contributed by atoms with Crippen LogP contribution in [0.15, 0.2) is 36.8 Å². The average molecular weight is 432 g/mol. The Morgan fingerprint density at radius 3 is 2.35 bits per heavy atom. The standard InChI is InChI=1S/C21H28N4O6/c1-13(24-20(29)31-21(2,3)4)18(26)25(15-6-8-16(30-5)9-7-15)17(19(27)28)10-14-11-22-12-23-14/h6-9,11-13,17H,10H2,1-5H3,(H,22,23)(H,24,29)(H,27,28)/t13-,17-/m0/s1. The number of aromatic nitrogens is 2. The number of nitrogens with zero attached hydrogens (tertiary/aromatic N) is 2. The van der Waals surface area contributed by atoms with Gasteiger partial charge in [0.15, 0.2) is 0 Å². The summed E-state index contributed by atoms with van der Waals surface area (Å²) in [7, 11) is 1.50. The van der Waals surface area contributed by atoms with Crippen LogP contribution in [0.3, 0.4) is 0 Å². The lowest BCUT2D eigenvalue weighted by molar-refractivity contribution is -0.140. The second-order valence-electron chi connectivity index (χ2n) is 7.89. The van der Waals surface area contributed by atoms with Gasteiger partial charge in [-0.05, 0) is 52.0 Å². The molecule has 2 rings (SSSR count). The monoisotopic (exact) mass is 432 g/mol. The number of anilines is 1. The molecule has 0 saturated heterocycles. The van der Waals surface area contributed by atoms with Gasteiger partial charge in [-0.3, -0.25) is 9.69 Å². The first kappa shape index (κ1) is 23.7. The molecule has 31 heavy (non-hydrogen) atoms. The predicted octanol–water partition coefficient (Wildman–Crippen LogP) is 2.36. The number of hydrogen-bond donors (Lipinski definition) is 3. The maximum atomic E-state index is 13.3. The van der Waals surface area contributed by atoms with Crippen molar-refractivity contribution in [3.8, 4) is 5.75 Å². The van der Waals surface area contributed by atoms with Crippen LogP contribution in [0.4, 0.5) is 10.5 Å². The molecule has 10 heteroatoms. The second-order valence-corrected chi connectivity index (χ2v) is 7.89. The zero-order valence-corrected chi connectivity index (χ0v) is 18.2. The molecular formula is C21H28N4O6. The normalized spacial score (nSPS) is 13.1. The zero-order valence-electron chi connectivity index (χ0n) is 18.2. The molecule has 0 saturated carbocycles. The van der Waals surface area contributed by atoms with Crippen molar-refractivity contribution in [2.24, 2.45) is 0 Å². The molecule has 1 heterocycles. The fourth-order valence-electron chi connectivity index (χ4n) is 2.85. The maximum absolute atomic E-state index is 13.3. The number of alkyl carbamates (subject to hydrolysis) is 1. The molecule has 0 aliphatic rings. The minimum absolute atomic E-state index is 0.0320. The van der Waals surface area contributed by atoms with Crippen molar-refractivity contribution in [1.29, 1.82) is 0 Å². The summed E-state index contributed by atoms with van der Waals surface area (Å²) in [5.41, 5.74) is 0.0737. The number of amides is 2. The van der Waals surface area contributed by atoms with Gasteiger partial charge in [0.2, 0.25) is 5.91 Å². The van der Waals surface area contributed by atoms with Gasteiger partial charge in [0, 0.05) is 18.3 Å². The summed E-state index contributed by atoms with van der Waals surface area (Å²) in [6.07, 6.45) is 2.19. The van der Waals surface area contributed by atoms with Gasteiger partial charge in [-0.25, -0.2) is 14.6 Å². The minimum Gasteiger partial charge on any atom is -0.497 e. The van der Waals surface area contributed by atoms with E-state index in [4.69, 9.17) is 9.47 Å². The number of aliphatic carboxylic acids is 1. The number of carboxylic acids is 1. The van der Waals surface area contributed by atoms with Crippen molar-refractivity contribution in [2.75, 3.05) is 12.0 Å². The van der Waals surface area contributed by atoms with Crippen LogP contribution in [0.5, 0.6) is 5.75 Å². The zero-order chi connectivity index (χ0) is 23.2. The van der Waals surface area contributed by atoms with Crippen LogP contribution in [0.1, 0.15) is 33.4 Å². The molecule has 168 valence electrons. The highest BCUT2D eigenvalue weighted by Crippen LogP contribution is 2.24. The number of imidazole rings is 1. The average Bonchev–Trinajstić information content (AvgIpc) is 3.19. The van der Waals surface area contributed by atoms with Gasteiger partial charge in [-0.2, -0.15) is 0 Å². The van der Waals surface area contributed by atoms with Gasteiger partial charge in [-0.15, -0.1) is 0 Å². The Balaban J connectivity index is 2.36. The van der Waals surface area contributed by atoms with E-state index in [1.165, 1.54) is 20.4 Å². The summed E-state index contributed by atoms with van der Waals surface area (Å²) in [6, 6.07) is 4.10. The van der Waals surface area contributed by atoms with E-state index < -0.39 is 35.7 Å². The van der Waals surface area contributed by atoms with Crippen LogP contribution in [0.25, 0.3) is 0 Å². The number of rotatable bonds is 8. The molecule has 0 fully saturated rings. The first-order valence-electron chi connectivity index (χ1n) is 9.69. The molecule has 0 bridgehead atoms. The smallest absolute Gasteiger partial charge is 0.408 e. The van der Waals surface area contributed by atoms with E-state index in [0.29, 0.717) is 17.1 Å². The number of H-pyrrole nitrogens is 1.